The molecule has 0 unspecified atom stereocenters. The molecular formula is C6H7IN2O. The highest BCUT2D eigenvalue weighted by atomic mass is 127. The van der Waals surface area contributed by atoms with Crippen LogP contribution in [0.2, 0.25) is 0 Å². The predicted octanol–water partition coefficient (Wildman–Crippen LogP) is 1.94. The second kappa shape index (κ2) is 2.48. The lowest BCUT2D eigenvalue weighted by molar-refractivity contribution is 0.291. The Morgan fingerprint density at radius 3 is 2.70 bits per heavy atom. The molecule has 0 N–H and O–H groups in total. The Morgan fingerprint density at radius 2 is 2.30 bits per heavy atom. The van der Waals surface area contributed by atoms with Gasteiger partial charge in [-0.05, 0) is 12.8 Å². The van der Waals surface area contributed by atoms with Gasteiger partial charge in [-0.1, -0.05) is 11.6 Å². The molecule has 1 fully saturated rings. The summed E-state index contributed by atoms with van der Waals surface area (Å²) in [5, 5.41) is 3.72. The average Bonchev–Trinajstić information content (AvgIpc) is 2.10. The fraction of sp³-hybridized carbons (Fsp3) is 0.667. The van der Waals surface area contributed by atoms with Gasteiger partial charge in [-0.15, -0.1) is 0 Å². The lowest BCUT2D eigenvalue weighted by Gasteiger charge is -2.20. The molecular weight excluding hydrogens is 243 g/mol. The van der Waals surface area contributed by atoms with Crippen molar-refractivity contribution in [2.45, 2.75) is 25.2 Å². The fourth-order valence-corrected chi connectivity index (χ4v) is 1.37. The first-order chi connectivity index (χ1) is 4.86. The van der Waals surface area contributed by atoms with Gasteiger partial charge in [0.15, 0.2) is 0 Å². The number of nitrogens with zero attached hydrogens (tertiary/aromatic N) is 2. The molecule has 0 spiro atoms. The molecule has 1 heterocycles. The monoisotopic (exact) mass is 250 g/mol. The van der Waals surface area contributed by atoms with Crippen molar-refractivity contribution in [3.8, 4) is 0 Å². The van der Waals surface area contributed by atoms with Crippen LogP contribution < -0.4 is 0 Å². The maximum Gasteiger partial charge on any atom is 0.232 e. The third-order valence-electron chi connectivity index (χ3n) is 1.87. The summed E-state index contributed by atoms with van der Waals surface area (Å²) in [5.74, 6) is 1.40. The summed E-state index contributed by atoms with van der Waals surface area (Å²) in [4.78, 5) is 4.14. The zero-order chi connectivity index (χ0) is 6.97. The zero-order valence-electron chi connectivity index (χ0n) is 5.38. The number of rotatable bonds is 1. The molecule has 4 heteroatoms. The van der Waals surface area contributed by atoms with Crippen molar-refractivity contribution in [3.63, 3.8) is 0 Å². The molecule has 3 nitrogen and oxygen atoms in total. The summed E-state index contributed by atoms with van der Waals surface area (Å²) in [7, 11) is 0. The van der Waals surface area contributed by atoms with E-state index in [1.54, 1.807) is 0 Å². The Bertz CT molecular complexity index is 231. The van der Waals surface area contributed by atoms with Gasteiger partial charge in [-0.2, -0.15) is 4.98 Å². The van der Waals surface area contributed by atoms with E-state index in [0.29, 0.717) is 5.92 Å². The molecule has 0 saturated heterocycles. The molecule has 1 aliphatic rings. The van der Waals surface area contributed by atoms with Crippen LogP contribution in [-0.2, 0) is 0 Å². The molecule has 0 amide bonds. The zero-order valence-corrected chi connectivity index (χ0v) is 7.54. The SMILES string of the molecule is Ic1noc(C2CCC2)n1. The molecule has 1 aromatic heterocycles. The van der Waals surface area contributed by atoms with E-state index in [-0.39, 0.29) is 0 Å². The quantitative estimate of drug-likeness (QED) is 0.715. The van der Waals surface area contributed by atoms with Gasteiger partial charge in [-0.25, -0.2) is 0 Å². The molecule has 2 rings (SSSR count). The Kier molecular flexibility index (Phi) is 1.63. The van der Waals surface area contributed by atoms with E-state index in [4.69, 9.17) is 4.52 Å². The van der Waals surface area contributed by atoms with E-state index in [9.17, 15) is 0 Å². The lowest BCUT2D eigenvalue weighted by atomic mass is 9.85. The summed E-state index contributed by atoms with van der Waals surface area (Å²) in [6.45, 7) is 0. The van der Waals surface area contributed by atoms with Crippen LogP contribution >= 0.6 is 22.6 Å². The third-order valence-corrected chi connectivity index (χ3v) is 2.31. The first kappa shape index (κ1) is 6.57. The predicted molar refractivity (Wildman–Crippen MR) is 43.6 cm³/mol. The van der Waals surface area contributed by atoms with Crippen LogP contribution in [0.1, 0.15) is 31.1 Å². The van der Waals surface area contributed by atoms with Crippen molar-refractivity contribution in [3.05, 3.63) is 9.72 Å². The molecule has 1 aliphatic carbocycles. The largest absolute Gasteiger partial charge is 0.338 e. The van der Waals surface area contributed by atoms with Crippen LogP contribution in [-0.4, -0.2) is 10.1 Å². The maximum atomic E-state index is 5.00. The van der Waals surface area contributed by atoms with Crippen LogP contribution in [0.5, 0.6) is 0 Å². The minimum atomic E-state index is 0.566. The molecule has 0 atom stereocenters. The second-order valence-electron chi connectivity index (χ2n) is 2.53. The fourth-order valence-electron chi connectivity index (χ4n) is 1.04. The molecule has 0 bridgehead atoms. The second-order valence-corrected chi connectivity index (χ2v) is 3.49. The highest BCUT2D eigenvalue weighted by Gasteiger charge is 2.24. The summed E-state index contributed by atoms with van der Waals surface area (Å²) in [6.07, 6.45) is 3.75. The Morgan fingerprint density at radius 1 is 1.50 bits per heavy atom. The highest BCUT2D eigenvalue weighted by Crippen LogP contribution is 2.35. The number of hydrogen-bond acceptors (Lipinski definition) is 3. The lowest BCUT2D eigenvalue weighted by Crippen LogP contribution is -2.08. The molecule has 1 saturated carbocycles. The van der Waals surface area contributed by atoms with Crippen molar-refractivity contribution in [2.24, 2.45) is 0 Å². The van der Waals surface area contributed by atoms with Gasteiger partial charge in [0.25, 0.3) is 0 Å². The number of aromatic nitrogens is 2. The minimum Gasteiger partial charge on any atom is -0.338 e. The average molecular weight is 250 g/mol. The standard InChI is InChI=1S/C6H7IN2O/c7-6-8-5(10-9-6)4-2-1-3-4/h4H,1-3H2. The van der Waals surface area contributed by atoms with Gasteiger partial charge < -0.3 is 4.52 Å². The van der Waals surface area contributed by atoms with Gasteiger partial charge in [0.2, 0.25) is 9.72 Å². The van der Waals surface area contributed by atoms with Crippen molar-refractivity contribution >= 4 is 22.6 Å². The molecule has 0 aromatic carbocycles. The van der Waals surface area contributed by atoms with E-state index in [1.165, 1.54) is 19.3 Å². The van der Waals surface area contributed by atoms with Crippen LogP contribution in [0.4, 0.5) is 0 Å². The summed E-state index contributed by atoms with van der Waals surface area (Å²) >= 11 is 2.06. The molecule has 1 aromatic rings. The first-order valence-corrected chi connectivity index (χ1v) is 4.43. The van der Waals surface area contributed by atoms with Crippen LogP contribution in [0.3, 0.4) is 0 Å². The number of hydrogen-bond donors (Lipinski definition) is 0. The van der Waals surface area contributed by atoms with Crippen molar-refractivity contribution in [1.82, 2.24) is 10.1 Å². The Balaban J connectivity index is 2.17. The minimum absolute atomic E-state index is 0.566. The summed E-state index contributed by atoms with van der Waals surface area (Å²) < 4.78 is 5.72. The van der Waals surface area contributed by atoms with Gasteiger partial charge in [0, 0.05) is 28.5 Å². The summed E-state index contributed by atoms with van der Waals surface area (Å²) in [5.41, 5.74) is 0. The normalized spacial score (nSPS) is 18.9. The molecule has 54 valence electrons. The van der Waals surface area contributed by atoms with E-state index in [1.807, 2.05) is 0 Å². The van der Waals surface area contributed by atoms with Crippen molar-refractivity contribution in [2.75, 3.05) is 0 Å². The Labute approximate surface area is 72.3 Å². The highest BCUT2D eigenvalue weighted by molar-refractivity contribution is 14.1. The smallest absolute Gasteiger partial charge is 0.232 e. The van der Waals surface area contributed by atoms with Crippen molar-refractivity contribution < 1.29 is 4.52 Å². The van der Waals surface area contributed by atoms with E-state index >= 15 is 0 Å². The van der Waals surface area contributed by atoms with Crippen LogP contribution in [0.25, 0.3) is 0 Å². The topological polar surface area (TPSA) is 38.9 Å². The van der Waals surface area contributed by atoms with Gasteiger partial charge in [0.1, 0.15) is 0 Å². The molecule has 0 radical (unpaired) electrons. The summed E-state index contributed by atoms with van der Waals surface area (Å²) in [6, 6.07) is 0. The van der Waals surface area contributed by atoms with E-state index < -0.39 is 0 Å². The number of halogens is 1. The van der Waals surface area contributed by atoms with Gasteiger partial charge in [-0.3, -0.25) is 0 Å². The van der Waals surface area contributed by atoms with E-state index in [2.05, 4.69) is 32.7 Å². The van der Waals surface area contributed by atoms with Crippen LogP contribution in [0, 0.1) is 3.83 Å². The Hall–Kier alpha value is -0.130. The third kappa shape index (κ3) is 1.04. The van der Waals surface area contributed by atoms with Gasteiger partial charge >= 0.3 is 0 Å². The maximum absolute atomic E-state index is 5.00. The van der Waals surface area contributed by atoms with Gasteiger partial charge in [0.05, 0.1) is 0 Å². The van der Waals surface area contributed by atoms with Crippen LogP contribution in [0.15, 0.2) is 4.52 Å². The molecule has 0 aliphatic heterocycles. The first-order valence-electron chi connectivity index (χ1n) is 3.35. The van der Waals surface area contributed by atoms with Crippen molar-refractivity contribution in [1.29, 1.82) is 0 Å². The van der Waals surface area contributed by atoms with E-state index in [0.717, 1.165) is 9.72 Å². The molecule has 10 heavy (non-hydrogen) atoms.